The van der Waals surface area contributed by atoms with Crippen LogP contribution in [0.3, 0.4) is 0 Å². The van der Waals surface area contributed by atoms with Gasteiger partial charge in [0, 0.05) is 19.1 Å². The topological polar surface area (TPSA) is 49.4 Å². The largest absolute Gasteiger partial charge is 0.314 e. The van der Waals surface area contributed by atoms with Crippen molar-refractivity contribution in [2.24, 2.45) is 0 Å². The van der Waals surface area contributed by atoms with Gasteiger partial charge in [0.2, 0.25) is 10.0 Å². The molecule has 5 heteroatoms. The molecule has 1 aromatic carbocycles. The standard InChI is InChI=1S/C15H24N2O2S/c1-13(2)16-9-5-11-20(18,19)17-10-8-14-6-3-4-7-15(14)12-17/h3-4,6-7,13,16H,5,8-12H2,1-2H3. The summed E-state index contributed by atoms with van der Waals surface area (Å²) in [6, 6.07) is 8.50. The van der Waals surface area contributed by atoms with E-state index in [1.807, 2.05) is 18.2 Å². The van der Waals surface area contributed by atoms with E-state index in [1.54, 1.807) is 4.31 Å². The zero-order valence-corrected chi connectivity index (χ0v) is 13.1. The van der Waals surface area contributed by atoms with E-state index in [9.17, 15) is 8.42 Å². The number of hydrogen-bond acceptors (Lipinski definition) is 3. The van der Waals surface area contributed by atoms with Gasteiger partial charge < -0.3 is 5.32 Å². The molecule has 1 aliphatic rings. The highest BCUT2D eigenvalue weighted by molar-refractivity contribution is 7.89. The van der Waals surface area contributed by atoms with Gasteiger partial charge in [-0.25, -0.2) is 8.42 Å². The average molecular weight is 296 g/mol. The minimum atomic E-state index is -3.13. The molecule has 0 saturated heterocycles. The summed E-state index contributed by atoms with van der Waals surface area (Å²) >= 11 is 0. The van der Waals surface area contributed by atoms with Crippen molar-refractivity contribution in [2.45, 2.75) is 39.3 Å². The maximum Gasteiger partial charge on any atom is 0.214 e. The van der Waals surface area contributed by atoms with Crippen LogP contribution in [-0.2, 0) is 23.0 Å². The minimum Gasteiger partial charge on any atom is -0.314 e. The smallest absolute Gasteiger partial charge is 0.214 e. The van der Waals surface area contributed by atoms with Crippen molar-refractivity contribution in [3.05, 3.63) is 35.4 Å². The fourth-order valence-corrected chi connectivity index (χ4v) is 3.95. The first-order chi connectivity index (χ1) is 9.49. The monoisotopic (exact) mass is 296 g/mol. The van der Waals surface area contributed by atoms with Gasteiger partial charge in [-0.2, -0.15) is 4.31 Å². The SMILES string of the molecule is CC(C)NCCCS(=O)(=O)N1CCc2ccccc2C1. The van der Waals surface area contributed by atoms with Crippen molar-refractivity contribution in [1.29, 1.82) is 0 Å². The van der Waals surface area contributed by atoms with Gasteiger partial charge >= 0.3 is 0 Å². The Morgan fingerprint density at radius 1 is 1.25 bits per heavy atom. The molecule has 0 radical (unpaired) electrons. The van der Waals surface area contributed by atoms with Crippen molar-refractivity contribution >= 4 is 10.0 Å². The van der Waals surface area contributed by atoms with Crippen LogP contribution in [0.2, 0.25) is 0 Å². The van der Waals surface area contributed by atoms with Gasteiger partial charge in [0.05, 0.1) is 5.75 Å². The highest BCUT2D eigenvalue weighted by Crippen LogP contribution is 2.21. The van der Waals surface area contributed by atoms with Crippen LogP contribution in [0.15, 0.2) is 24.3 Å². The Morgan fingerprint density at radius 2 is 1.95 bits per heavy atom. The Balaban J connectivity index is 1.91. The van der Waals surface area contributed by atoms with Gasteiger partial charge in [-0.3, -0.25) is 0 Å². The third-order valence-corrected chi connectivity index (χ3v) is 5.52. The summed E-state index contributed by atoms with van der Waals surface area (Å²) in [6.07, 6.45) is 1.48. The van der Waals surface area contributed by atoms with Crippen molar-refractivity contribution in [3.63, 3.8) is 0 Å². The number of fused-ring (bicyclic) bond motifs is 1. The molecular formula is C15H24N2O2S. The Labute approximate surface area is 122 Å². The maximum atomic E-state index is 12.3. The van der Waals surface area contributed by atoms with Crippen molar-refractivity contribution in [3.8, 4) is 0 Å². The van der Waals surface area contributed by atoms with Gasteiger partial charge in [0.1, 0.15) is 0 Å². The zero-order chi connectivity index (χ0) is 14.6. The fraction of sp³-hybridized carbons (Fsp3) is 0.600. The van der Waals surface area contributed by atoms with Crippen LogP contribution in [0.25, 0.3) is 0 Å². The molecule has 0 saturated carbocycles. The van der Waals surface area contributed by atoms with Crippen LogP contribution >= 0.6 is 0 Å². The van der Waals surface area contributed by atoms with E-state index >= 15 is 0 Å². The first-order valence-corrected chi connectivity index (χ1v) is 8.88. The predicted octanol–water partition coefficient (Wildman–Crippen LogP) is 1.76. The summed E-state index contributed by atoms with van der Waals surface area (Å²) in [6.45, 7) is 6.01. The second kappa shape index (κ2) is 6.70. The lowest BCUT2D eigenvalue weighted by Crippen LogP contribution is -2.38. The first-order valence-electron chi connectivity index (χ1n) is 7.27. The Morgan fingerprint density at radius 3 is 2.65 bits per heavy atom. The predicted molar refractivity (Wildman–Crippen MR) is 82.1 cm³/mol. The lowest BCUT2D eigenvalue weighted by molar-refractivity contribution is 0.390. The number of hydrogen-bond donors (Lipinski definition) is 1. The second-order valence-corrected chi connectivity index (χ2v) is 7.72. The number of benzene rings is 1. The van der Waals surface area contributed by atoms with E-state index in [0.29, 0.717) is 25.6 Å². The molecule has 2 rings (SSSR count). The third-order valence-electron chi connectivity index (χ3n) is 3.62. The van der Waals surface area contributed by atoms with Crippen LogP contribution in [0.1, 0.15) is 31.4 Å². The van der Waals surface area contributed by atoms with E-state index in [4.69, 9.17) is 0 Å². The van der Waals surface area contributed by atoms with Gasteiger partial charge in [0.25, 0.3) is 0 Å². The molecule has 0 bridgehead atoms. The number of nitrogens with one attached hydrogen (secondary N) is 1. The van der Waals surface area contributed by atoms with Gasteiger partial charge in [-0.1, -0.05) is 38.1 Å². The van der Waals surface area contributed by atoms with Crippen molar-refractivity contribution < 1.29 is 8.42 Å². The normalized spacial score (nSPS) is 16.4. The molecular weight excluding hydrogens is 272 g/mol. The summed E-state index contributed by atoms with van der Waals surface area (Å²) in [5, 5.41) is 3.25. The fourth-order valence-electron chi connectivity index (χ4n) is 2.48. The molecule has 0 unspecified atom stereocenters. The number of sulfonamides is 1. The third kappa shape index (κ3) is 4.04. The molecule has 1 aliphatic heterocycles. The molecule has 4 nitrogen and oxygen atoms in total. The summed E-state index contributed by atoms with van der Waals surface area (Å²) in [4.78, 5) is 0. The highest BCUT2D eigenvalue weighted by atomic mass is 32.2. The molecule has 1 heterocycles. The molecule has 0 fully saturated rings. The lowest BCUT2D eigenvalue weighted by Gasteiger charge is -2.28. The first kappa shape index (κ1) is 15.5. The van der Waals surface area contributed by atoms with E-state index in [-0.39, 0.29) is 5.75 Å². The molecule has 0 spiro atoms. The van der Waals surface area contributed by atoms with E-state index < -0.39 is 10.0 Å². The lowest BCUT2D eigenvalue weighted by atomic mass is 10.0. The Kier molecular flexibility index (Phi) is 5.18. The van der Waals surface area contributed by atoms with Crippen LogP contribution in [0.5, 0.6) is 0 Å². The minimum absolute atomic E-state index is 0.231. The maximum absolute atomic E-state index is 12.3. The average Bonchev–Trinajstić information content (AvgIpc) is 2.43. The molecule has 20 heavy (non-hydrogen) atoms. The van der Waals surface area contributed by atoms with Gasteiger partial charge in [-0.15, -0.1) is 0 Å². The van der Waals surface area contributed by atoms with E-state index in [1.165, 1.54) is 5.56 Å². The molecule has 0 atom stereocenters. The van der Waals surface area contributed by atoms with Crippen LogP contribution in [0, 0.1) is 0 Å². The van der Waals surface area contributed by atoms with Gasteiger partial charge in [-0.05, 0) is 30.5 Å². The quantitative estimate of drug-likeness (QED) is 0.814. The Bertz CT molecular complexity index is 541. The summed E-state index contributed by atoms with van der Waals surface area (Å²) in [5.74, 6) is 0.231. The molecule has 112 valence electrons. The Hall–Kier alpha value is -0.910. The van der Waals surface area contributed by atoms with Gasteiger partial charge in [0.15, 0.2) is 0 Å². The zero-order valence-electron chi connectivity index (χ0n) is 12.3. The molecule has 1 aromatic rings. The van der Waals surface area contributed by atoms with E-state index in [0.717, 1.165) is 18.5 Å². The van der Waals surface area contributed by atoms with Crippen molar-refractivity contribution in [2.75, 3.05) is 18.8 Å². The van der Waals surface area contributed by atoms with Crippen LogP contribution in [0.4, 0.5) is 0 Å². The van der Waals surface area contributed by atoms with Crippen LogP contribution < -0.4 is 5.32 Å². The number of nitrogens with zero attached hydrogens (tertiary/aromatic N) is 1. The summed E-state index contributed by atoms with van der Waals surface area (Å²) < 4.78 is 26.3. The molecule has 0 aromatic heterocycles. The summed E-state index contributed by atoms with van der Waals surface area (Å²) in [5.41, 5.74) is 2.42. The van der Waals surface area contributed by atoms with Crippen LogP contribution in [-0.4, -0.2) is 37.6 Å². The van der Waals surface area contributed by atoms with Crippen molar-refractivity contribution in [1.82, 2.24) is 9.62 Å². The molecule has 0 aliphatic carbocycles. The summed E-state index contributed by atoms with van der Waals surface area (Å²) in [7, 11) is -3.13. The van der Waals surface area contributed by atoms with E-state index in [2.05, 4.69) is 25.2 Å². The highest BCUT2D eigenvalue weighted by Gasteiger charge is 2.25. The molecule has 1 N–H and O–H groups in total. The molecule has 0 amide bonds. The number of rotatable bonds is 6. The second-order valence-electron chi connectivity index (χ2n) is 5.63.